The van der Waals surface area contributed by atoms with Crippen molar-refractivity contribution in [2.24, 2.45) is 0 Å². The third kappa shape index (κ3) is 13.5. The average Bonchev–Trinajstić information content (AvgIpc) is 4.11. The van der Waals surface area contributed by atoms with Crippen LogP contribution < -0.4 is 9.80 Å². The highest BCUT2D eigenvalue weighted by atomic mass is 19.4. The monoisotopic (exact) mass is 1080 g/mol. The summed E-state index contributed by atoms with van der Waals surface area (Å²) in [6, 6.07) is 20.3. The van der Waals surface area contributed by atoms with E-state index in [-0.39, 0.29) is 58.8 Å². The first-order valence-corrected chi connectivity index (χ1v) is 26.8. The van der Waals surface area contributed by atoms with E-state index >= 15 is 0 Å². The van der Waals surface area contributed by atoms with E-state index in [1.54, 1.807) is 12.1 Å². The van der Waals surface area contributed by atoms with Crippen LogP contribution in [0, 0.1) is 0 Å². The molecule has 4 aliphatic rings. The topological polar surface area (TPSA) is 154 Å². The van der Waals surface area contributed by atoms with E-state index in [9.17, 15) is 35.9 Å². The van der Waals surface area contributed by atoms with Crippen LogP contribution in [-0.2, 0) is 52.6 Å². The van der Waals surface area contributed by atoms with E-state index < -0.39 is 35.0 Å². The minimum atomic E-state index is -4.52. The number of aromatic nitrogens is 4. The van der Waals surface area contributed by atoms with Crippen LogP contribution in [0.15, 0.2) is 81.8 Å². The smallest absolute Gasteiger partial charge is 0.418 e. The molecule has 0 bridgehead atoms. The van der Waals surface area contributed by atoms with Gasteiger partial charge in [0.2, 0.25) is 11.6 Å². The number of carboxylic acid groups (broad SMARTS) is 1. The highest BCUT2D eigenvalue weighted by Gasteiger charge is 2.39. The molecule has 78 heavy (non-hydrogen) atoms. The number of aliphatic carboxylic acids is 1. The summed E-state index contributed by atoms with van der Waals surface area (Å²) in [6.07, 6.45) is -1.45. The lowest BCUT2D eigenvalue weighted by Gasteiger charge is -2.37. The maximum absolute atomic E-state index is 14.1. The van der Waals surface area contributed by atoms with Gasteiger partial charge in [-0.15, -0.1) is 0 Å². The molecule has 6 aromatic rings. The van der Waals surface area contributed by atoms with Crippen LogP contribution in [0.1, 0.15) is 119 Å². The van der Waals surface area contributed by atoms with Crippen molar-refractivity contribution in [3.05, 3.63) is 106 Å². The Labute approximate surface area is 449 Å². The predicted molar refractivity (Wildman–Crippen MR) is 282 cm³/mol. The number of nitrogens with zero attached hydrogens (tertiary/aromatic N) is 8. The number of hydrogen-bond acceptors (Lipinski definition) is 13. The summed E-state index contributed by atoms with van der Waals surface area (Å²) >= 11 is 0. The van der Waals surface area contributed by atoms with Crippen LogP contribution in [0.5, 0.6) is 0 Å². The Bertz CT molecular complexity index is 3090. The van der Waals surface area contributed by atoms with E-state index in [0.717, 1.165) is 93.3 Å². The molecule has 1 N–H and O–H groups in total. The van der Waals surface area contributed by atoms with Crippen LogP contribution in [-0.4, -0.2) is 104 Å². The third-order valence-electron chi connectivity index (χ3n) is 15.0. The summed E-state index contributed by atoms with van der Waals surface area (Å²) in [5.41, 5.74) is 4.90. The van der Waals surface area contributed by atoms with E-state index in [1.807, 2.05) is 80.8 Å². The highest BCUT2D eigenvalue weighted by Crippen LogP contribution is 2.43. The number of esters is 1. The third-order valence-corrected chi connectivity index (χ3v) is 15.0. The number of halogens is 6. The van der Waals surface area contributed by atoms with Crippen molar-refractivity contribution in [1.82, 2.24) is 30.1 Å². The van der Waals surface area contributed by atoms with Gasteiger partial charge in [0.1, 0.15) is 5.60 Å². The summed E-state index contributed by atoms with van der Waals surface area (Å²) in [5.74, 6) is -0.367. The van der Waals surface area contributed by atoms with Crippen molar-refractivity contribution in [3.8, 4) is 45.7 Å². The molecule has 4 aliphatic heterocycles. The maximum atomic E-state index is 14.1. The lowest BCUT2D eigenvalue weighted by molar-refractivity contribution is -0.155. The zero-order valence-electron chi connectivity index (χ0n) is 44.6. The summed E-state index contributed by atoms with van der Waals surface area (Å²) < 4.78 is 101. The zero-order chi connectivity index (χ0) is 55.5. The van der Waals surface area contributed by atoms with Crippen molar-refractivity contribution in [2.45, 2.75) is 142 Å². The first-order valence-electron chi connectivity index (χ1n) is 26.8. The van der Waals surface area contributed by atoms with Crippen molar-refractivity contribution in [2.75, 3.05) is 49.1 Å². The van der Waals surface area contributed by atoms with E-state index in [0.29, 0.717) is 62.9 Å². The molecule has 2 atom stereocenters. The Morgan fingerprint density at radius 2 is 1.03 bits per heavy atom. The number of piperidine rings is 2. The van der Waals surface area contributed by atoms with Crippen LogP contribution in [0.3, 0.4) is 0 Å². The summed E-state index contributed by atoms with van der Waals surface area (Å²) in [4.78, 5) is 39.9. The Hall–Kier alpha value is -6.80. The maximum Gasteiger partial charge on any atom is 0.418 e. The molecule has 416 valence electrons. The van der Waals surface area contributed by atoms with Gasteiger partial charge in [0.15, 0.2) is 0 Å². The van der Waals surface area contributed by atoms with E-state index in [1.165, 1.54) is 23.3 Å². The molecule has 2 saturated heterocycles. The molecule has 0 amide bonds. The Morgan fingerprint density at radius 1 is 0.590 bits per heavy atom. The Balaban J connectivity index is 0.000000191. The SMILES string of the molecule is CC1CCCCN1c1ccc(-c2nc(-c3ccc4c(c3)CN(CCC(=O)O)CC4)no2)cc1C(F)(F)F.CC1CCCCN1c1ccc(-c2nc(-c3ccc4c(c3)CN(CCC(=O)OC(C)(C)C)CC4)no2)cc1C(F)(F)F. The average molecular weight is 1090 g/mol. The molecule has 6 heterocycles. The molecule has 4 aromatic carbocycles. The number of rotatable bonds is 12. The van der Waals surface area contributed by atoms with Gasteiger partial charge in [0.05, 0.1) is 24.0 Å². The minimum Gasteiger partial charge on any atom is -0.481 e. The first kappa shape index (κ1) is 55.9. The molecular weight excluding hydrogens is 1020 g/mol. The predicted octanol–water partition coefficient (Wildman–Crippen LogP) is 12.5. The van der Waals surface area contributed by atoms with Crippen LogP contribution in [0.2, 0.25) is 0 Å². The van der Waals surface area contributed by atoms with Crippen LogP contribution >= 0.6 is 0 Å². The fourth-order valence-electron chi connectivity index (χ4n) is 10.9. The molecule has 2 fully saturated rings. The van der Waals surface area contributed by atoms with Gasteiger partial charge in [-0.05, 0) is 157 Å². The summed E-state index contributed by atoms with van der Waals surface area (Å²) in [7, 11) is 0. The van der Waals surface area contributed by atoms with Crippen LogP contribution in [0.25, 0.3) is 45.7 Å². The second-order valence-corrected chi connectivity index (χ2v) is 21.9. The molecule has 14 nitrogen and oxygen atoms in total. The van der Waals surface area contributed by atoms with Crippen LogP contribution in [0.4, 0.5) is 37.7 Å². The van der Waals surface area contributed by atoms with E-state index in [4.69, 9.17) is 18.9 Å². The number of carboxylic acids is 1. The first-order chi connectivity index (χ1) is 37.1. The molecule has 0 saturated carbocycles. The molecular formula is C58H66F6N8O6. The van der Waals surface area contributed by atoms with Gasteiger partial charge >= 0.3 is 24.3 Å². The van der Waals surface area contributed by atoms with Gasteiger partial charge in [-0.25, -0.2) is 0 Å². The highest BCUT2D eigenvalue weighted by molar-refractivity contribution is 5.71. The molecule has 10 rings (SSSR count). The number of alkyl halides is 6. The largest absolute Gasteiger partial charge is 0.481 e. The fraction of sp³-hybridized carbons (Fsp3) is 0.483. The second-order valence-electron chi connectivity index (χ2n) is 21.9. The van der Waals surface area contributed by atoms with Gasteiger partial charge in [-0.1, -0.05) is 34.6 Å². The fourth-order valence-corrected chi connectivity index (χ4v) is 10.9. The number of benzene rings is 4. The standard InChI is InChI=1S/C31H37F3N4O3.C27H29F3N4O3/c1-20-7-5-6-14-38(20)26-11-10-23(18-25(26)31(32,33)34)29-35-28(36-41-29)22-9-8-21-12-15-37(19-24(21)17-22)16-13-27(39)40-30(2,3)4;1-17-4-2-3-11-34(17)23-8-7-20(15-22(23)27(28,29)30)26-31-25(32-37-26)19-6-5-18-9-12-33(13-10-24(35)36)16-21(18)14-19/h8-11,17-18,20H,5-7,12-16,19H2,1-4H3;5-8,14-15,17H,2-4,9-13,16H2,1H3,(H,35,36). The Kier molecular flexibility index (Phi) is 16.7. The normalized spacial score (nSPS) is 18.4. The molecule has 0 radical (unpaired) electrons. The van der Waals surface area contributed by atoms with Gasteiger partial charge in [-0.3, -0.25) is 19.4 Å². The molecule has 2 unspecified atom stereocenters. The molecule has 20 heteroatoms. The molecule has 0 aliphatic carbocycles. The Morgan fingerprint density at radius 3 is 1.44 bits per heavy atom. The van der Waals surface area contributed by atoms with Gasteiger partial charge < -0.3 is 28.7 Å². The number of carbonyl (C=O) groups excluding carboxylic acids is 1. The van der Waals surface area contributed by atoms with Crippen molar-refractivity contribution in [1.29, 1.82) is 0 Å². The minimum absolute atomic E-state index is 0.0274. The lowest BCUT2D eigenvalue weighted by Crippen LogP contribution is -2.38. The van der Waals surface area contributed by atoms with Crippen molar-refractivity contribution < 1.29 is 54.8 Å². The molecule has 2 aromatic heterocycles. The number of anilines is 2. The summed E-state index contributed by atoms with van der Waals surface area (Å²) in [5, 5.41) is 17.1. The number of hydrogen-bond donors (Lipinski definition) is 1. The number of carbonyl (C=O) groups is 2. The quantitative estimate of drug-likeness (QED) is 0.0913. The van der Waals surface area contributed by atoms with Crippen molar-refractivity contribution in [3.63, 3.8) is 0 Å². The second kappa shape index (κ2) is 23.3. The summed E-state index contributed by atoms with van der Waals surface area (Å²) in [6.45, 7) is 14.7. The van der Waals surface area contributed by atoms with E-state index in [2.05, 4.69) is 30.1 Å². The number of ether oxygens (including phenoxy) is 1. The van der Waals surface area contributed by atoms with Gasteiger partial charge in [0.25, 0.3) is 11.8 Å². The van der Waals surface area contributed by atoms with Crippen molar-refractivity contribution >= 4 is 23.3 Å². The zero-order valence-corrected chi connectivity index (χ0v) is 44.6. The molecule has 0 spiro atoms. The van der Waals surface area contributed by atoms with Gasteiger partial charge in [0, 0.05) is 98.1 Å². The van der Waals surface area contributed by atoms with Gasteiger partial charge in [-0.2, -0.15) is 36.3 Å². The lowest BCUT2D eigenvalue weighted by atomic mass is 9.97. The number of fused-ring (bicyclic) bond motifs is 2.